The molecule has 160 valence electrons. The van der Waals surface area contributed by atoms with Gasteiger partial charge in [-0.25, -0.2) is 4.90 Å². The first-order valence-electron chi connectivity index (χ1n) is 10.8. The summed E-state index contributed by atoms with van der Waals surface area (Å²) >= 11 is 0. The Balaban J connectivity index is 1.61. The molecule has 6 heteroatoms. The molecule has 2 aromatic rings. The summed E-state index contributed by atoms with van der Waals surface area (Å²) < 4.78 is 10.9. The summed E-state index contributed by atoms with van der Waals surface area (Å²) in [6.07, 6.45) is 2.02. The van der Waals surface area contributed by atoms with Gasteiger partial charge in [0.1, 0.15) is 5.70 Å². The molecule has 1 saturated heterocycles. The molecule has 0 aliphatic carbocycles. The highest BCUT2D eigenvalue weighted by Crippen LogP contribution is 2.41. The Bertz CT molecular complexity index is 1110. The fraction of sp³-hybridized carbons (Fsp3) is 0.360. The minimum Gasteiger partial charge on any atom is -0.454 e. The lowest BCUT2D eigenvalue weighted by molar-refractivity contribution is -0.120. The van der Waals surface area contributed by atoms with E-state index in [9.17, 15) is 9.59 Å². The molecule has 2 aromatic carbocycles. The van der Waals surface area contributed by atoms with Crippen molar-refractivity contribution >= 4 is 23.1 Å². The normalized spacial score (nSPS) is 19.1. The Hall–Kier alpha value is -3.28. The first kappa shape index (κ1) is 19.7. The second-order valence-corrected chi connectivity index (χ2v) is 8.69. The summed E-state index contributed by atoms with van der Waals surface area (Å²) in [4.78, 5) is 30.8. The predicted molar refractivity (Wildman–Crippen MR) is 118 cm³/mol. The molecular formula is C25H26N2O4. The van der Waals surface area contributed by atoms with Crippen molar-refractivity contribution in [1.82, 2.24) is 4.90 Å². The summed E-state index contributed by atoms with van der Waals surface area (Å²) in [7, 11) is 0. The molecule has 0 spiro atoms. The highest BCUT2D eigenvalue weighted by Gasteiger charge is 2.43. The number of amides is 2. The van der Waals surface area contributed by atoms with E-state index in [1.54, 1.807) is 18.2 Å². The number of carbonyl (C=O) groups excluding carboxylic acids is 2. The first-order valence-corrected chi connectivity index (χ1v) is 10.8. The van der Waals surface area contributed by atoms with E-state index in [-0.39, 0.29) is 18.6 Å². The molecule has 1 fully saturated rings. The van der Waals surface area contributed by atoms with Crippen LogP contribution in [0.5, 0.6) is 11.5 Å². The van der Waals surface area contributed by atoms with Gasteiger partial charge in [-0.2, -0.15) is 0 Å². The van der Waals surface area contributed by atoms with Crippen molar-refractivity contribution in [1.29, 1.82) is 0 Å². The summed E-state index contributed by atoms with van der Waals surface area (Å²) in [5.41, 5.74) is 4.45. The summed E-state index contributed by atoms with van der Waals surface area (Å²) in [6.45, 7) is 7.95. The molecule has 2 amide bonds. The smallest absolute Gasteiger partial charge is 0.282 e. The minimum atomic E-state index is -0.288. The van der Waals surface area contributed by atoms with Crippen LogP contribution in [0.3, 0.4) is 0 Å². The van der Waals surface area contributed by atoms with Gasteiger partial charge in [-0.3, -0.25) is 9.59 Å². The average Bonchev–Trinajstić information content (AvgIpc) is 3.30. The van der Waals surface area contributed by atoms with Gasteiger partial charge < -0.3 is 14.4 Å². The number of fused-ring (bicyclic) bond motifs is 1. The zero-order valence-corrected chi connectivity index (χ0v) is 18.1. The van der Waals surface area contributed by atoms with Crippen molar-refractivity contribution < 1.29 is 19.1 Å². The summed E-state index contributed by atoms with van der Waals surface area (Å²) in [6, 6.07) is 11.2. The molecule has 3 aliphatic rings. The van der Waals surface area contributed by atoms with E-state index in [1.165, 1.54) is 4.90 Å². The van der Waals surface area contributed by atoms with Crippen molar-refractivity contribution in [3.8, 4) is 11.5 Å². The molecule has 0 unspecified atom stereocenters. The fourth-order valence-corrected chi connectivity index (χ4v) is 4.64. The number of likely N-dealkylation sites (tertiary alicyclic amines) is 1. The quantitative estimate of drug-likeness (QED) is 0.704. The highest BCUT2D eigenvalue weighted by atomic mass is 16.7. The largest absolute Gasteiger partial charge is 0.454 e. The lowest BCUT2D eigenvalue weighted by Crippen LogP contribution is -2.38. The third-order valence-electron chi connectivity index (χ3n) is 6.42. The molecule has 0 radical (unpaired) electrons. The van der Waals surface area contributed by atoms with E-state index in [4.69, 9.17) is 9.47 Å². The zero-order valence-electron chi connectivity index (χ0n) is 18.1. The van der Waals surface area contributed by atoms with Crippen LogP contribution in [0, 0.1) is 19.8 Å². The van der Waals surface area contributed by atoms with Crippen LogP contribution in [0.4, 0.5) is 5.69 Å². The lowest BCUT2D eigenvalue weighted by atomic mass is 9.95. The van der Waals surface area contributed by atoms with E-state index in [0.29, 0.717) is 34.4 Å². The van der Waals surface area contributed by atoms with Crippen LogP contribution in [0.1, 0.15) is 36.5 Å². The molecule has 31 heavy (non-hydrogen) atoms. The molecule has 5 rings (SSSR count). The maximum Gasteiger partial charge on any atom is 0.282 e. The first-order chi connectivity index (χ1) is 14.9. The molecule has 0 saturated carbocycles. The summed E-state index contributed by atoms with van der Waals surface area (Å²) in [5, 5.41) is 0. The minimum absolute atomic E-state index is 0.143. The second kappa shape index (κ2) is 7.45. The number of nitrogens with zero attached hydrogens (tertiary/aromatic N) is 2. The Morgan fingerprint density at radius 2 is 1.65 bits per heavy atom. The molecule has 3 heterocycles. The van der Waals surface area contributed by atoms with Crippen molar-refractivity contribution in [3.05, 3.63) is 58.8 Å². The SMILES string of the molecule is Cc1ccc(C2=C(N3CCC(C)CC3)C(=O)N(c3ccc4c(c3)OCO4)C2=O)c(C)c1. The Kier molecular flexibility index (Phi) is 4.73. The number of ether oxygens (including phenoxy) is 2. The van der Waals surface area contributed by atoms with Gasteiger partial charge >= 0.3 is 0 Å². The number of carbonyl (C=O) groups is 2. The molecule has 0 bridgehead atoms. The molecule has 0 N–H and O–H groups in total. The Morgan fingerprint density at radius 3 is 2.39 bits per heavy atom. The highest BCUT2D eigenvalue weighted by molar-refractivity contribution is 6.45. The number of aryl methyl sites for hydroxylation is 2. The van der Waals surface area contributed by atoms with Crippen LogP contribution < -0.4 is 14.4 Å². The van der Waals surface area contributed by atoms with Crippen molar-refractivity contribution in [2.24, 2.45) is 5.92 Å². The topological polar surface area (TPSA) is 59.1 Å². The maximum absolute atomic E-state index is 13.7. The predicted octanol–water partition coefficient (Wildman–Crippen LogP) is 4.05. The van der Waals surface area contributed by atoms with Crippen molar-refractivity contribution in [2.45, 2.75) is 33.6 Å². The van der Waals surface area contributed by atoms with Gasteiger partial charge in [0, 0.05) is 19.2 Å². The van der Waals surface area contributed by atoms with Gasteiger partial charge in [0.15, 0.2) is 11.5 Å². The van der Waals surface area contributed by atoms with Crippen molar-refractivity contribution in [3.63, 3.8) is 0 Å². The van der Waals surface area contributed by atoms with Gasteiger partial charge in [-0.1, -0.05) is 30.7 Å². The Morgan fingerprint density at radius 1 is 0.903 bits per heavy atom. The third kappa shape index (κ3) is 3.26. The van der Waals surface area contributed by atoms with E-state index in [1.807, 2.05) is 26.0 Å². The second-order valence-electron chi connectivity index (χ2n) is 8.69. The standard InChI is InChI=1S/C25H26N2O4/c1-15-8-10-26(11-9-15)23-22(19-6-4-16(2)12-17(19)3)24(28)27(25(23)29)18-5-7-20-21(13-18)31-14-30-20/h4-7,12-13,15H,8-11,14H2,1-3H3. The van der Waals surface area contributed by atoms with E-state index in [0.717, 1.165) is 42.6 Å². The number of benzene rings is 2. The number of imide groups is 1. The van der Waals surface area contributed by atoms with E-state index >= 15 is 0 Å². The molecule has 0 aromatic heterocycles. The van der Waals surface area contributed by atoms with Gasteiger partial charge in [-0.05, 0) is 55.9 Å². The molecule has 0 atom stereocenters. The number of hydrogen-bond donors (Lipinski definition) is 0. The number of anilines is 1. The van der Waals surface area contributed by atoms with Crippen LogP contribution >= 0.6 is 0 Å². The number of hydrogen-bond acceptors (Lipinski definition) is 5. The van der Waals surface area contributed by atoms with Gasteiger partial charge in [0.05, 0.1) is 11.3 Å². The number of piperidine rings is 1. The van der Waals surface area contributed by atoms with E-state index in [2.05, 4.69) is 17.9 Å². The van der Waals surface area contributed by atoms with Crippen LogP contribution in [0.2, 0.25) is 0 Å². The average molecular weight is 418 g/mol. The van der Waals surface area contributed by atoms with E-state index < -0.39 is 0 Å². The lowest BCUT2D eigenvalue weighted by Gasteiger charge is -2.32. The fourth-order valence-electron chi connectivity index (χ4n) is 4.64. The number of rotatable bonds is 3. The van der Waals surface area contributed by atoms with Gasteiger partial charge in [0.25, 0.3) is 11.8 Å². The maximum atomic E-state index is 13.7. The van der Waals surface area contributed by atoms with Crippen LogP contribution in [0.25, 0.3) is 5.57 Å². The third-order valence-corrected chi connectivity index (χ3v) is 6.42. The van der Waals surface area contributed by atoms with Crippen LogP contribution in [0.15, 0.2) is 42.1 Å². The molecule has 6 nitrogen and oxygen atoms in total. The van der Waals surface area contributed by atoms with Gasteiger partial charge in [0.2, 0.25) is 6.79 Å². The molecular weight excluding hydrogens is 392 g/mol. The Labute approximate surface area is 182 Å². The molecule has 3 aliphatic heterocycles. The van der Waals surface area contributed by atoms with Crippen molar-refractivity contribution in [2.75, 3.05) is 24.8 Å². The summed E-state index contributed by atoms with van der Waals surface area (Å²) in [5.74, 6) is 1.23. The van der Waals surface area contributed by atoms with Crippen LogP contribution in [-0.4, -0.2) is 36.6 Å². The van der Waals surface area contributed by atoms with Gasteiger partial charge in [-0.15, -0.1) is 0 Å². The monoisotopic (exact) mass is 418 g/mol. The zero-order chi connectivity index (χ0) is 21.7. The van der Waals surface area contributed by atoms with Crippen LogP contribution in [-0.2, 0) is 9.59 Å².